The van der Waals surface area contributed by atoms with Crippen LogP contribution in [0.5, 0.6) is 0 Å². The summed E-state index contributed by atoms with van der Waals surface area (Å²) >= 11 is 0. The van der Waals surface area contributed by atoms with E-state index in [4.69, 9.17) is 9.47 Å². The van der Waals surface area contributed by atoms with Gasteiger partial charge in [-0.1, -0.05) is 42.2 Å². The Morgan fingerprint density at radius 3 is 2.73 bits per heavy atom. The molecule has 3 rings (SSSR count). The average Bonchev–Trinajstić information content (AvgIpc) is 2.69. The molecule has 0 bridgehead atoms. The van der Waals surface area contributed by atoms with E-state index in [-0.39, 0.29) is 13.2 Å². The molecule has 2 heterocycles. The summed E-state index contributed by atoms with van der Waals surface area (Å²) in [6.07, 6.45) is 1.36. The predicted molar refractivity (Wildman–Crippen MR) is 95.7 cm³/mol. The first-order valence-corrected chi connectivity index (χ1v) is 10.3. The highest BCUT2D eigenvalue weighted by Crippen LogP contribution is 2.26. The van der Waals surface area contributed by atoms with Crippen molar-refractivity contribution in [3.8, 4) is 11.8 Å². The van der Waals surface area contributed by atoms with Gasteiger partial charge in [-0.3, -0.25) is 0 Å². The molecular formula is C18H22N2O5S. The second-order valence-electron chi connectivity index (χ2n) is 6.49. The lowest BCUT2D eigenvalue weighted by atomic mass is 9.95. The molecule has 0 atom stereocenters. The first-order chi connectivity index (χ1) is 12.4. The van der Waals surface area contributed by atoms with Crippen molar-refractivity contribution < 1.29 is 22.7 Å². The third-order valence-corrected chi connectivity index (χ3v) is 5.58. The van der Waals surface area contributed by atoms with Gasteiger partial charge in [0.15, 0.2) is 5.60 Å². The van der Waals surface area contributed by atoms with Crippen molar-refractivity contribution in [1.82, 2.24) is 9.21 Å². The zero-order valence-electron chi connectivity index (χ0n) is 14.7. The molecule has 26 heavy (non-hydrogen) atoms. The molecule has 1 amide bonds. The SMILES string of the molecule is CS(=O)(=O)N1CC#CC2(CN(C(=O)OCc3ccccc3)C2)OCCC1. The number of carbonyl (C=O) groups excluding carboxylic acids is 1. The third kappa shape index (κ3) is 4.55. The maximum absolute atomic E-state index is 12.1. The Labute approximate surface area is 153 Å². The number of hydrogen-bond acceptors (Lipinski definition) is 5. The van der Waals surface area contributed by atoms with Crippen LogP contribution >= 0.6 is 0 Å². The first kappa shape index (κ1) is 18.7. The van der Waals surface area contributed by atoms with E-state index in [0.717, 1.165) is 5.56 Å². The minimum Gasteiger partial charge on any atom is -0.445 e. The van der Waals surface area contributed by atoms with Gasteiger partial charge in [-0.25, -0.2) is 13.2 Å². The smallest absolute Gasteiger partial charge is 0.410 e. The van der Waals surface area contributed by atoms with E-state index in [1.165, 1.54) is 10.6 Å². The highest BCUT2D eigenvalue weighted by molar-refractivity contribution is 7.88. The largest absolute Gasteiger partial charge is 0.445 e. The number of likely N-dealkylation sites (tertiary alicyclic amines) is 1. The molecule has 8 heteroatoms. The van der Waals surface area contributed by atoms with Crippen LogP contribution in [-0.2, 0) is 26.1 Å². The van der Waals surface area contributed by atoms with Crippen LogP contribution in [-0.4, -0.2) is 68.4 Å². The Morgan fingerprint density at radius 1 is 1.31 bits per heavy atom. The Balaban J connectivity index is 1.55. The van der Waals surface area contributed by atoms with Gasteiger partial charge in [0.05, 0.1) is 32.5 Å². The summed E-state index contributed by atoms with van der Waals surface area (Å²) < 4.78 is 35.9. The monoisotopic (exact) mass is 378 g/mol. The van der Waals surface area contributed by atoms with E-state index in [1.807, 2.05) is 30.3 Å². The van der Waals surface area contributed by atoms with E-state index in [9.17, 15) is 13.2 Å². The molecule has 0 unspecified atom stereocenters. The van der Waals surface area contributed by atoms with Gasteiger partial charge < -0.3 is 14.4 Å². The summed E-state index contributed by atoms with van der Waals surface area (Å²) in [5.74, 6) is 5.89. The van der Waals surface area contributed by atoms with Crippen LogP contribution in [0.4, 0.5) is 4.79 Å². The predicted octanol–water partition coefficient (Wildman–Crippen LogP) is 1.06. The van der Waals surface area contributed by atoms with Crippen molar-refractivity contribution in [3.63, 3.8) is 0 Å². The molecule has 1 aromatic carbocycles. The fraction of sp³-hybridized carbons (Fsp3) is 0.500. The number of carbonyl (C=O) groups is 1. The van der Waals surface area contributed by atoms with Crippen LogP contribution in [0, 0.1) is 11.8 Å². The number of amides is 1. The van der Waals surface area contributed by atoms with Crippen LogP contribution in [0.1, 0.15) is 12.0 Å². The molecule has 2 aliphatic heterocycles. The highest BCUT2D eigenvalue weighted by Gasteiger charge is 2.46. The van der Waals surface area contributed by atoms with Gasteiger partial charge in [-0.05, 0) is 12.0 Å². The fourth-order valence-electron chi connectivity index (χ4n) is 2.88. The van der Waals surface area contributed by atoms with E-state index in [2.05, 4.69) is 11.8 Å². The van der Waals surface area contributed by atoms with Crippen LogP contribution in [0.3, 0.4) is 0 Å². The molecule has 0 N–H and O–H groups in total. The molecule has 140 valence electrons. The van der Waals surface area contributed by atoms with Crippen molar-refractivity contribution in [1.29, 1.82) is 0 Å². The minimum absolute atomic E-state index is 0.141. The van der Waals surface area contributed by atoms with E-state index < -0.39 is 21.7 Å². The molecule has 1 spiro atoms. The van der Waals surface area contributed by atoms with Gasteiger partial charge in [0, 0.05) is 6.54 Å². The maximum Gasteiger partial charge on any atom is 0.410 e. The quantitative estimate of drug-likeness (QED) is 0.736. The number of benzene rings is 1. The number of hydrogen-bond donors (Lipinski definition) is 0. The fourth-order valence-corrected chi connectivity index (χ4v) is 3.64. The zero-order chi connectivity index (χ0) is 18.6. The topological polar surface area (TPSA) is 76.2 Å². The lowest BCUT2D eigenvalue weighted by Crippen LogP contribution is -2.64. The molecule has 0 radical (unpaired) electrons. The first-order valence-electron chi connectivity index (χ1n) is 8.43. The zero-order valence-corrected chi connectivity index (χ0v) is 15.5. The Bertz CT molecular complexity index is 807. The molecule has 0 aromatic heterocycles. The summed E-state index contributed by atoms with van der Waals surface area (Å²) in [5, 5.41) is 0. The number of ether oxygens (including phenoxy) is 2. The van der Waals surface area contributed by atoms with Crippen molar-refractivity contribution in [3.05, 3.63) is 35.9 Å². The molecule has 2 aliphatic rings. The lowest BCUT2D eigenvalue weighted by Gasteiger charge is -2.45. The van der Waals surface area contributed by atoms with Crippen LogP contribution in [0.15, 0.2) is 30.3 Å². The summed E-state index contributed by atoms with van der Waals surface area (Å²) in [6.45, 7) is 1.79. The van der Waals surface area contributed by atoms with Crippen molar-refractivity contribution >= 4 is 16.1 Å². The lowest BCUT2D eigenvalue weighted by molar-refractivity contribution is -0.0975. The van der Waals surface area contributed by atoms with Gasteiger partial charge in [0.25, 0.3) is 0 Å². The van der Waals surface area contributed by atoms with E-state index in [0.29, 0.717) is 32.7 Å². The Hall–Kier alpha value is -2.08. The molecule has 1 aromatic rings. The molecule has 1 saturated heterocycles. The van der Waals surface area contributed by atoms with Gasteiger partial charge >= 0.3 is 6.09 Å². The molecule has 0 saturated carbocycles. The van der Waals surface area contributed by atoms with Gasteiger partial charge in [0.1, 0.15) is 6.61 Å². The van der Waals surface area contributed by atoms with Crippen LogP contribution < -0.4 is 0 Å². The summed E-state index contributed by atoms with van der Waals surface area (Å²) in [5.41, 5.74) is 0.203. The van der Waals surface area contributed by atoms with Crippen molar-refractivity contribution in [2.75, 3.05) is 39.0 Å². The number of rotatable bonds is 3. The average molecular weight is 378 g/mol. The van der Waals surface area contributed by atoms with Gasteiger partial charge in [0.2, 0.25) is 10.0 Å². The summed E-state index contributed by atoms with van der Waals surface area (Å²) in [4.78, 5) is 13.7. The summed E-state index contributed by atoms with van der Waals surface area (Å²) in [7, 11) is -3.27. The second kappa shape index (κ2) is 7.66. The minimum atomic E-state index is -3.27. The van der Waals surface area contributed by atoms with Gasteiger partial charge in [-0.2, -0.15) is 4.31 Å². The van der Waals surface area contributed by atoms with Crippen LogP contribution in [0.2, 0.25) is 0 Å². The molecule has 0 aliphatic carbocycles. The van der Waals surface area contributed by atoms with Crippen molar-refractivity contribution in [2.45, 2.75) is 18.6 Å². The van der Waals surface area contributed by atoms with Crippen LogP contribution in [0.25, 0.3) is 0 Å². The van der Waals surface area contributed by atoms with E-state index in [1.54, 1.807) is 4.90 Å². The Kier molecular flexibility index (Phi) is 5.51. The highest BCUT2D eigenvalue weighted by atomic mass is 32.2. The maximum atomic E-state index is 12.1. The molecule has 7 nitrogen and oxygen atoms in total. The number of sulfonamides is 1. The van der Waals surface area contributed by atoms with Crippen molar-refractivity contribution in [2.24, 2.45) is 0 Å². The van der Waals surface area contributed by atoms with Gasteiger partial charge in [-0.15, -0.1) is 0 Å². The second-order valence-corrected chi connectivity index (χ2v) is 8.47. The molecule has 1 fully saturated rings. The summed E-state index contributed by atoms with van der Waals surface area (Å²) in [6, 6.07) is 9.48. The normalized spacial score (nSPS) is 20.1. The standard InChI is InChI=1S/C18H22N2O5S/c1-26(22,23)20-10-5-9-18(25-12-6-11-20)14-19(15-18)17(21)24-13-16-7-3-2-4-8-16/h2-4,7-8H,6,10-15H2,1H3. The Morgan fingerprint density at radius 2 is 2.04 bits per heavy atom. The number of nitrogens with zero attached hydrogens (tertiary/aromatic N) is 2. The third-order valence-electron chi connectivity index (χ3n) is 4.33. The van der Waals surface area contributed by atoms with E-state index >= 15 is 0 Å². The molecular weight excluding hydrogens is 356 g/mol.